The maximum atomic E-state index is 12.3. The summed E-state index contributed by atoms with van der Waals surface area (Å²) in [5.74, 6) is 0. The summed E-state index contributed by atoms with van der Waals surface area (Å²) in [6.45, 7) is 1.95. The highest BCUT2D eigenvalue weighted by molar-refractivity contribution is 5.74. The van der Waals surface area contributed by atoms with E-state index in [0.717, 1.165) is 24.9 Å². The largest absolute Gasteiger partial charge is 0.334 e. The van der Waals surface area contributed by atoms with Crippen LogP contribution < -0.4 is 11.1 Å². The molecule has 0 aliphatic carbocycles. The molecule has 4 heteroatoms. The zero-order valence-corrected chi connectivity index (χ0v) is 11.3. The molecule has 1 atom stereocenters. The SMILES string of the molecule is NCC1CCCCCN1C(=O)NCc1ccccc1. The molecular formula is C15H23N3O. The number of likely N-dealkylation sites (tertiary alicyclic amines) is 1. The Labute approximate surface area is 115 Å². The summed E-state index contributed by atoms with van der Waals surface area (Å²) >= 11 is 0. The van der Waals surface area contributed by atoms with E-state index < -0.39 is 0 Å². The van der Waals surface area contributed by atoms with E-state index in [2.05, 4.69) is 5.32 Å². The van der Waals surface area contributed by atoms with Gasteiger partial charge < -0.3 is 16.0 Å². The molecule has 1 aromatic carbocycles. The quantitative estimate of drug-likeness (QED) is 0.875. The highest BCUT2D eigenvalue weighted by Crippen LogP contribution is 2.16. The van der Waals surface area contributed by atoms with Gasteiger partial charge in [-0.3, -0.25) is 0 Å². The fraction of sp³-hybridized carbons (Fsp3) is 0.533. The van der Waals surface area contributed by atoms with Gasteiger partial charge in [-0.25, -0.2) is 4.79 Å². The Hall–Kier alpha value is -1.55. The Kier molecular flexibility index (Phi) is 5.21. The smallest absolute Gasteiger partial charge is 0.317 e. The molecular weight excluding hydrogens is 238 g/mol. The van der Waals surface area contributed by atoms with Crippen molar-refractivity contribution < 1.29 is 4.79 Å². The lowest BCUT2D eigenvalue weighted by molar-refractivity contribution is 0.177. The Morgan fingerprint density at radius 1 is 1.26 bits per heavy atom. The molecule has 0 aromatic heterocycles. The lowest BCUT2D eigenvalue weighted by atomic mass is 10.1. The van der Waals surface area contributed by atoms with Gasteiger partial charge in [-0.15, -0.1) is 0 Å². The van der Waals surface area contributed by atoms with Crippen LogP contribution in [-0.2, 0) is 6.54 Å². The molecule has 1 aliphatic heterocycles. The lowest BCUT2D eigenvalue weighted by Crippen LogP contribution is -2.48. The molecule has 2 amide bonds. The average Bonchev–Trinajstić information content (AvgIpc) is 2.71. The molecule has 1 aromatic rings. The van der Waals surface area contributed by atoms with Gasteiger partial charge in [0.2, 0.25) is 0 Å². The first kappa shape index (κ1) is 13.9. The van der Waals surface area contributed by atoms with Crippen LogP contribution >= 0.6 is 0 Å². The Bertz CT molecular complexity index is 394. The van der Waals surface area contributed by atoms with Crippen LogP contribution in [0.15, 0.2) is 30.3 Å². The first-order chi connectivity index (χ1) is 9.31. The van der Waals surface area contributed by atoms with E-state index in [1.54, 1.807) is 0 Å². The van der Waals surface area contributed by atoms with Crippen molar-refractivity contribution in [2.75, 3.05) is 13.1 Å². The van der Waals surface area contributed by atoms with Crippen LogP contribution in [-0.4, -0.2) is 30.1 Å². The Morgan fingerprint density at radius 3 is 2.79 bits per heavy atom. The van der Waals surface area contributed by atoms with Gasteiger partial charge in [0.1, 0.15) is 0 Å². The third kappa shape index (κ3) is 3.96. The number of benzene rings is 1. The molecule has 0 bridgehead atoms. The number of nitrogens with zero attached hydrogens (tertiary/aromatic N) is 1. The topological polar surface area (TPSA) is 58.4 Å². The van der Waals surface area contributed by atoms with Gasteiger partial charge in [0.05, 0.1) is 0 Å². The summed E-state index contributed by atoms with van der Waals surface area (Å²) in [6, 6.07) is 10.2. The molecule has 1 aliphatic rings. The molecule has 1 heterocycles. The van der Waals surface area contributed by atoms with Crippen LogP contribution in [0, 0.1) is 0 Å². The minimum absolute atomic E-state index is 0.0150. The summed E-state index contributed by atoms with van der Waals surface area (Å²) in [5, 5.41) is 2.99. The Balaban J connectivity index is 1.90. The fourth-order valence-electron chi connectivity index (χ4n) is 2.56. The first-order valence-corrected chi connectivity index (χ1v) is 7.09. The van der Waals surface area contributed by atoms with Gasteiger partial charge in [0, 0.05) is 25.7 Å². The number of nitrogens with two attached hydrogens (primary N) is 1. The highest BCUT2D eigenvalue weighted by atomic mass is 16.2. The van der Waals surface area contributed by atoms with Crippen LogP contribution in [0.25, 0.3) is 0 Å². The van der Waals surface area contributed by atoms with Crippen molar-refractivity contribution in [2.24, 2.45) is 5.73 Å². The number of carbonyl (C=O) groups excluding carboxylic acids is 1. The standard InChI is InChI=1S/C15H23N3O/c16-11-14-9-5-2-6-10-18(14)15(19)17-12-13-7-3-1-4-8-13/h1,3-4,7-8,14H,2,5-6,9-12,16H2,(H,17,19). The number of hydrogen-bond acceptors (Lipinski definition) is 2. The second-order valence-electron chi connectivity index (χ2n) is 5.08. The second-order valence-corrected chi connectivity index (χ2v) is 5.08. The number of rotatable bonds is 3. The predicted octanol–water partition coefficient (Wildman–Crippen LogP) is 2.10. The average molecular weight is 261 g/mol. The van der Waals surface area contributed by atoms with E-state index in [0.29, 0.717) is 13.1 Å². The van der Waals surface area contributed by atoms with Crippen molar-refractivity contribution in [1.82, 2.24) is 10.2 Å². The molecule has 1 fully saturated rings. The van der Waals surface area contributed by atoms with Crippen molar-refractivity contribution in [3.8, 4) is 0 Å². The molecule has 1 saturated heterocycles. The minimum atomic E-state index is 0.0150. The number of amides is 2. The van der Waals surface area contributed by atoms with Crippen LogP contribution in [0.1, 0.15) is 31.2 Å². The first-order valence-electron chi connectivity index (χ1n) is 7.09. The van der Waals surface area contributed by atoms with E-state index in [1.165, 1.54) is 12.8 Å². The summed E-state index contributed by atoms with van der Waals surface area (Å²) in [5.41, 5.74) is 6.91. The third-order valence-corrected chi connectivity index (χ3v) is 3.70. The van der Waals surface area contributed by atoms with Crippen LogP contribution in [0.5, 0.6) is 0 Å². The Morgan fingerprint density at radius 2 is 2.05 bits per heavy atom. The lowest BCUT2D eigenvalue weighted by Gasteiger charge is -2.29. The van der Waals surface area contributed by atoms with E-state index >= 15 is 0 Å². The molecule has 0 radical (unpaired) electrons. The van der Waals surface area contributed by atoms with Gasteiger partial charge in [-0.1, -0.05) is 43.2 Å². The molecule has 0 saturated carbocycles. The van der Waals surface area contributed by atoms with E-state index in [9.17, 15) is 4.79 Å². The second kappa shape index (κ2) is 7.14. The predicted molar refractivity (Wildman–Crippen MR) is 76.7 cm³/mol. The summed E-state index contributed by atoms with van der Waals surface area (Å²) in [6.07, 6.45) is 4.47. The van der Waals surface area contributed by atoms with Gasteiger partial charge in [0.15, 0.2) is 0 Å². The summed E-state index contributed by atoms with van der Waals surface area (Å²) < 4.78 is 0. The maximum Gasteiger partial charge on any atom is 0.317 e. The van der Waals surface area contributed by atoms with Crippen LogP contribution in [0.2, 0.25) is 0 Å². The molecule has 1 unspecified atom stereocenters. The summed E-state index contributed by atoms with van der Waals surface area (Å²) in [7, 11) is 0. The van der Waals surface area contributed by atoms with E-state index in [1.807, 2.05) is 35.2 Å². The van der Waals surface area contributed by atoms with Gasteiger partial charge in [-0.2, -0.15) is 0 Å². The minimum Gasteiger partial charge on any atom is -0.334 e. The molecule has 0 spiro atoms. The van der Waals surface area contributed by atoms with Crippen molar-refractivity contribution in [3.05, 3.63) is 35.9 Å². The van der Waals surface area contributed by atoms with Crippen LogP contribution in [0.3, 0.4) is 0 Å². The zero-order chi connectivity index (χ0) is 13.5. The molecule has 2 rings (SSSR count). The molecule has 4 nitrogen and oxygen atoms in total. The molecule has 19 heavy (non-hydrogen) atoms. The maximum absolute atomic E-state index is 12.3. The normalized spacial score (nSPS) is 19.8. The van der Waals surface area contributed by atoms with E-state index in [-0.39, 0.29) is 12.1 Å². The monoisotopic (exact) mass is 261 g/mol. The van der Waals surface area contributed by atoms with Gasteiger partial charge in [0.25, 0.3) is 0 Å². The molecule has 3 N–H and O–H groups in total. The van der Waals surface area contributed by atoms with Crippen molar-refractivity contribution in [2.45, 2.75) is 38.3 Å². The summed E-state index contributed by atoms with van der Waals surface area (Å²) in [4.78, 5) is 14.2. The van der Waals surface area contributed by atoms with Crippen molar-refractivity contribution in [3.63, 3.8) is 0 Å². The highest BCUT2D eigenvalue weighted by Gasteiger charge is 2.23. The van der Waals surface area contributed by atoms with E-state index in [4.69, 9.17) is 5.73 Å². The third-order valence-electron chi connectivity index (χ3n) is 3.70. The fourth-order valence-corrected chi connectivity index (χ4v) is 2.56. The van der Waals surface area contributed by atoms with Crippen LogP contribution in [0.4, 0.5) is 4.79 Å². The van der Waals surface area contributed by atoms with Gasteiger partial charge >= 0.3 is 6.03 Å². The molecule has 104 valence electrons. The number of nitrogens with one attached hydrogen (secondary N) is 1. The number of urea groups is 1. The number of carbonyl (C=O) groups is 1. The van der Waals surface area contributed by atoms with Gasteiger partial charge in [-0.05, 0) is 18.4 Å². The number of hydrogen-bond donors (Lipinski definition) is 2. The van der Waals surface area contributed by atoms with Crippen molar-refractivity contribution >= 4 is 6.03 Å². The van der Waals surface area contributed by atoms with Crippen molar-refractivity contribution in [1.29, 1.82) is 0 Å². The zero-order valence-electron chi connectivity index (χ0n) is 11.3.